The molecule has 1 aromatic rings. The summed E-state index contributed by atoms with van der Waals surface area (Å²) in [7, 11) is -3.24. The second-order valence-corrected chi connectivity index (χ2v) is 8.10. The quantitative estimate of drug-likeness (QED) is 0.923. The summed E-state index contributed by atoms with van der Waals surface area (Å²) < 4.78 is 23.1. The van der Waals surface area contributed by atoms with Crippen molar-refractivity contribution in [3.63, 3.8) is 0 Å². The van der Waals surface area contributed by atoms with Gasteiger partial charge in [0.2, 0.25) is 5.91 Å². The van der Waals surface area contributed by atoms with Crippen molar-refractivity contribution >= 4 is 21.4 Å². The van der Waals surface area contributed by atoms with E-state index in [1.165, 1.54) is 6.26 Å². The van der Waals surface area contributed by atoms with Crippen LogP contribution in [0.4, 0.5) is 5.69 Å². The van der Waals surface area contributed by atoms with Crippen LogP contribution in [0.15, 0.2) is 29.2 Å². The lowest BCUT2D eigenvalue weighted by Crippen LogP contribution is -2.49. The summed E-state index contributed by atoms with van der Waals surface area (Å²) in [6.45, 7) is 4.34. The van der Waals surface area contributed by atoms with E-state index in [0.717, 1.165) is 19.3 Å². The van der Waals surface area contributed by atoms with Crippen LogP contribution < -0.4 is 5.32 Å². The number of hydrogen-bond donors (Lipinski definition) is 1. The minimum Gasteiger partial charge on any atom is -0.376 e. The third-order valence-corrected chi connectivity index (χ3v) is 5.30. The number of nitrogens with one attached hydrogen (secondary N) is 1. The molecule has 1 amide bonds. The molecule has 22 heavy (non-hydrogen) atoms. The van der Waals surface area contributed by atoms with Crippen LogP contribution in [0, 0.1) is 0 Å². The molecule has 122 valence electrons. The number of carbonyl (C=O) groups excluding carboxylic acids is 1. The van der Waals surface area contributed by atoms with Gasteiger partial charge in [0.05, 0.1) is 11.4 Å². The van der Waals surface area contributed by atoms with Crippen LogP contribution >= 0.6 is 0 Å². The normalized spacial score (nSPS) is 22.4. The van der Waals surface area contributed by atoms with Gasteiger partial charge in [0.15, 0.2) is 9.84 Å². The molecule has 0 radical (unpaired) electrons. The topological polar surface area (TPSA) is 66.5 Å². The van der Waals surface area contributed by atoms with Crippen molar-refractivity contribution in [2.75, 3.05) is 18.1 Å². The number of rotatable bonds is 4. The lowest BCUT2D eigenvalue weighted by atomic mass is 9.97. The molecule has 6 heteroatoms. The monoisotopic (exact) mass is 324 g/mol. The molecule has 1 saturated heterocycles. The Morgan fingerprint density at radius 1 is 1.27 bits per heavy atom. The molecule has 0 spiro atoms. The van der Waals surface area contributed by atoms with Crippen LogP contribution in [-0.2, 0) is 14.6 Å². The van der Waals surface area contributed by atoms with Gasteiger partial charge in [-0.1, -0.05) is 6.07 Å². The summed E-state index contributed by atoms with van der Waals surface area (Å²) in [5.74, 6) is 0.0597. The largest absolute Gasteiger partial charge is 0.376 e. The summed E-state index contributed by atoms with van der Waals surface area (Å²) in [6.07, 6.45) is 4.42. The molecule has 1 aromatic carbocycles. The first kappa shape index (κ1) is 16.8. The third kappa shape index (κ3) is 4.00. The summed E-state index contributed by atoms with van der Waals surface area (Å²) in [5, 5.41) is 3.04. The van der Waals surface area contributed by atoms with E-state index in [-0.39, 0.29) is 29.4 Å². The van der Waals surface area contributed by atoms with E-state index in [0.29, 0.717) is 5.69 Å². The van der Waals surface area contributed by atoms with Crippen molar-refractivity contribution in [2.24, 2.45) is 0 Å². The Kier molecular flexibility index (Phi) is 5.11. The summed E-state index contributed by atoms with van der Waals surface area (Å²) in [6, 6.07) is 7.09. The van der Waals surface area contributed by atoms with Crippen LogP contribution in [0.25, 0.3) is 0 Å². The van der Waals surface area contributed by atoms with Gasteiger partial charge >= 0.3 is 0 Å². The Hall–Kier alpha value is -1.56. The van der Waals surface area contributed by atoms with Crippen LogP contribution in [0.3, 0.4) is 0 Å². The number of carbonyl (C=O) groups is 1. The number of anilines is 1. The van der Waals surface area contributed by atoms with Gasteiger partial charge in [-0.3, -0.25) is 4.79 Å². The highest BCUT2D eigenvalue weighted by Crippen LogP contribution is 2.22. The first-order valence-corrected chi connectivity index (χ1v) is 9.53. The molecule has 1 aliphatic rings. The zero-order chi connectivity index (χ0) is 16.3. The molecule has 0 aliphatic carbocycles. The standard InChI is InChI=1S/C16H24N2O3S/c1-12-6-4-7-13(2)18(12)16(19)11-17-14-8-5-9-15(10-14)22(3,20)21/h5,8-10,12-13,17H,4,6-7,11H2,1-3H3. The van der Waals surface area contributed by atoms with E-state index in [4.69, 9.17) is 0 Å². The lowest BCUT2D eigenvalue weighted by molar-refractivity contribution is -0.135. The van der Waals surface area contributed by atoms with Crippen molar-refractivity contribution in [3.05, 3.63) is 24.3 Å². The molecular weight excluding hydrogens is 300 g/mol. The van der Waals surface area contributed by atoms with Gasteiger partial charge in [0.1, 0.15) is 0 Å². The SMILES string of the molecule is CC1CCCC(C)N1C(=O)CNc1cccc(S(C)(=O)=O)c1. The van der Waals surface area contributed by atoms with Crippen LogP contribution in [0.1, 0.15) is 33.1 Å². The molecule has 2 atom stereocenters. The number of nitrogens with zero attached hydrogens (tertiary/aromatic N) is 1. The maximum atomic E-state index is 12.4. The van der Waals surface area contributed by atoms with Gasteiger partial charge < -0.3 is 10.2 Å². The molecule has 5 nitrogen and oxygen atoms in total. The Morgan fingerprint density at radius 2 is 1.91 bits per heavy atom. The van der Waals surface area contributed by atoms with Gasteiger partial charge in [0, 0.05) is 24.0 Å². The van der Waals surface area contributed by atoms with E-state index in [1.54, 1.807) is 24.3 Å². The summed E-state index contributed by atoms with van der Waals surface area (Å²) in [4.78, 5) is 14.6. The summed E-state index contributed by atoms with van der Waals surface area (Å²) in [5.41, 5.74) is 0.647. The van der Waals surface area contributed by atoms with Gasteiger partial charge in [-0.05, 0) is 51.3 Å². The van der Waals surface area contributed by atoms with Gasteiger partial charge in [0.25, 0.3) is 0 Å². The van der Waals surface area contributed by atoms with E-state index < -0.39 is 9.84 Å². The first-order chi connectivity index (χ1) is 10.3. The zero-order valence-electron chi connectivity index (χ0n) is 13.4. The van der Waals surface area contributed by atoms with Gasteiger partial charge in [-0.15, -0.1) is 0 Å². The number of benzene rings is 1. The van der Waals surface area contributed by atoms with Gasteiger partial charge in [-0.25, -0.2) is 8.42 Å². The second kappa shape index (κ2) is 6.69. The fraction of sp³-hybridized carbons (Fsp3) is 0.562. The predicted molar refractivity (Wildman–Crippen MR) is 87.7 cm³/mol. The molecule has 1 heterocycles. The minimum absolute atomic E-state index is 0.0597. The van der Waals surface area contributed by atoms with Crippen molar-refractivity contribution < 1.29 is 13.2 Å². The average molecular weight is 324 g/mol. The fourth-order valence-electron chi connectivity index (χ4n) is 3.02. The third-order valence-electron chi connectivity index (χ3n) is 4.19. The number of amides is 1. The molecule has 0 aromatic heterocycles. The van der Waals surface area contributed by atoms with Crippen molar-refractivity contribution in [1.29, 1.82) is 0 Å². The van der Waals surface area contributed by atoms with E-state index in [2.05, 4.69) is 19.2 Å². The molecule has 2 unspecified atom stereocenters. The van der Waals surface area contributed by atoms with Crippen LogP contribution in [0.5, 0.6) is 0 Å². The Balaban J connectivity index is 2.02. The maximum Gasteiger partial charge on any atom is 0.242 e. The Bertz CT molecular complexity index is 633. The number of likely N-dealkylation sites (tertiary alicyclic amines) is 1. The number of sulfone groups is 1. The van der Waals surface area contributed by atoms with E-state index in [1.807, 2.05) is 4.90 Å². The fourth-order valence-corrected chi connectivity index (χ4v) is 3.69. The van der Waals surface area contributed by atoms with Crippen molar-refractivity contribution in [3.8, 4) is 0 Å². The number of hydrogen-bond acceptors (Lipinski definition) is 4. The predicted octanol–water partition coefficient (Wildman–Crippen LogP) is 2.29. The molecule has 2 rings (SSSR count). The lowest BCUT2D eigenvalue weighted by Gasteiger charge is -2.39. The average Bonchev–Trinajstić information content (AvgIpc) is 2.44. The Labute approximate surface area is 132 Å². The maximum absolute atomic E-state index is 12.4. The highest BCUT2D eigenvalue weighted by Gasteiger charge is 2.28. The molecule has 1 N–H and O–H groups in total. The van der Waals surface area contributed by atoms with Gasteiger partial charge in [-0.2, -0.15) is 0 Å². The highest BCUT2D eigenvalue weighted by molar-refractivity contribution is 7.90. The smallest absolute Gasteiger partial charge is 0.242 e. The number of piperidine rings is 1. The second-order valence-electron chi connectivity index (χ2n) is 6.08. The van der Waals surface area contributed by atoms with Crippen LogP contribution in [-0.4, -0.2) is 44.1 Å². The first-order valence-electron chi connectivity index (χ1n) is 7.64. The van der Waals surface area contributed by atoms with Crippen LogP contribution in [0.2, 0.25) is 0 Å². The molecular formula is C16H24N2O3S. The molecule has 0 saturated carbocycles. The Morgan fingerprint density at radius 3 is 2.50 bits per heavy atom. The zero-order valence-corrected chi connectivity index (χ0v) is 14.2. The molecule has 1 aliphatic heterocycles. The highest BCUT2D eigenvalue weighted by atomic mass is 32.2. The van der Waals surface area contributed by atoms with Crippen molar-refractivity contribution in [1.82, 2.24) is 4.90 Å². The summed E-state index contributed by atoms with van der Waals surface area (Å²) >= 11 is 0. The van der Waals surface area contributed by atoms with E-state index >= 15 is 0 Å². The minimum atomic E-state index is -3.24. The molecule has 1 fully saturated rings. The van der Waals surface area contributed by atoms with E-state index in [9.17, 15) is 13.2 Å². The van der Waals surface area contributed by atoms with Crippen molar-refractivity contribution in [2.45, 2.75) is 50.1 Å². The molecule has 0 bridgehead atoms.